The highest BCUT2D eigenvalue weighted by molar-refractivity contribution is 9.11. The van der Waals surface area contributed by atoms with Gasteiger partial charge in [0.2, 0.25) is 5.95 Å². The van der Waals surface area contributed by atoms with Crippen LogP contribution in [-0.2, 0) is 6.42 Å². The lowest BCUT2D eigenvalue weighted by atomic mass is 10.3. The molecule has 0 aliphatic carbocycles. The van der Waals surface area contributed by atoms with Crippen molar-refractivity contribution in [2.75, 3.05) is 11.9 Å². The quantitative estimate of drug-likeness (QED) is 0.817. The molecule has 0 aromatic carbocycles. The van der Waals surface area contributed by atoms with Crippen molar-refractivity contribution in [3.8, 4) is 0 Å². The fraction of sp³-hybridized carbons (Fsp3) is 0.182. The number of rotatable bonds is 5. The van der Waals surface area contributed by atoms with E-state index in [0.29, 0.717) is 11.6 Å². The van der Waals surface area contributed by atoms with E-state index in [0.717, 1.165) is 16.8 Å². The number of thiophene rings is 1. The molecule has 2 rings (SSSR count). The first-order chi connectivity index (χ1) is 8.65. The molecule has 2 aromatic heterocycles. The summed E-state index contributed by atoms with van der Waals surface area (Å²) < 4.78 is 1.14. The van der Waals surface area contributed by atoms with Crippen molar-refractivity contribution in [1.29, 1.82) is 0 Å². The van der Waals surface area contributed by atoms with Gasteiger partial charge in [-0.25, -0.2) is 9.97 Å². The second kappa shape index (κ2) is 6.21. The van der Waals surface area contributed by atoms with Gasteiger partial charge in [-0.1, -0.05) is 12.2 Å². The van der Waals surface area contributed by atoms with E-state index >= 15 is 0 Å². The van der Waals surface area contributed by atoms with E-state index in [1.54, 1.807) is 23.6 Å². The lowest BCUT2D eigenvalue weighted by Crippen LogP contribution is -2.14. The highest BCUT2D eigenvalue weighted by atomic mass is 79.9. The number of aromatic nitrogens is 2. The fourth-order valence-corrected chi connectivity index (χ4v) is 2.96. The van der Waals surface area contributed by atoms with Gasteiger partial charge in [-0.3, -0.25) is 0 Å². The van der Waals surface area contributed by atoms with Gasteiger partial charge in [0.1, 0.15) is 10.7 Å². The first-order valence-electron chi connectivity index (χ1n) is 5.26. The molecule has 0 fully saturated rings. The maximum Gasteiger partial charge on any atom is 0.223 e. The number of hydrogen-bond acceptors (Lipinski definition) is 5. The SMILES string of the molecule is NC(=S)c1ccnc(NCCc2ccc(Br)s2)n1. The molecule has 0 radical (unpaired) electrons. The summed E-state index contributed by atoms with van der Waals surface area (Å²) in [5.41, 5.74) is 6.10. The van der Waals surface area contributed by atoms with Gasteiger partial charge in [0.25, 0.3) is 0 Å². The monoisotopic (exact) mass is 342 g/mol. The zero-order chi connectivity index (χ0) is 13.0. The van der Waals surface area contributed by atoms with Crippen molar-refractivity contribution < 1.29 is 0 Å². The minimum Gasteiger partial charge on any atom is -0.388 e. The van der Waals surface area contributed by atoms with Crippen LogP contribution in [0.5, 0.6) is 0 Å². The molecule has 0 unspecified atom stereocenters. The van der Waals surface area contributed by atoms with Crippen LogP contribution in [0.2, 0.25) is 0 Å². The molecule has 3 N–H and O–H groups in total. The number of nitrogens with one attached hydrogen (secondary N) is 1. The zero-order valence-electron chi connectivity index (χ0n) is 9.39. The molecule has 0 spiro atoms. The van der Waals surface area contributed by atoms with E-state index in [2.05, 4.69) is 37.3 Å². The van der Waals surface area contributed by atoms with Gasteiger partial charge in [0, 0.05) is 17.6 Å². The topological polar surface area (TPSA) is 63.8 Å². The van der Waals surface area contributed by atoms with Crippen LogP contribution in [0.3, 0.4) is 0 Å². The smallest absolute Gasteiger partial charge is 0.223 e. The fourth-order valence-electron chi connectivity index (χ4n) is 1.36. The Morgan fingerprint density at radius 2 is 2.28 bits per heavy atom. The third-order valence-corrected chi connectivity index (χ3v) is 4.08. The van der Waals surface area contributed by atoms with E-state index in [1.807, 2.05) is 6.07 Å². The average Bonchev–Trinajstić information content (AvgIpc) is 2.75. The zero-order valence-corrected chi connectivity index (χ0v) is 12.6. The summed E-state index contributed by atoms with van der Waals surface area (Å²) in [6, 6.07) is 5.84. The van der Waals surface area contributed by atoms with Crippen molar-refractivity contribution in [3.05, 3.63) is 38.8 Å². The highest BCUT2D eigenvalue weighted by Gasteiger charge is 2.02. The van der Waals surface area contributed by atoms with Crippen LogP contribution in [0.25, 0.3) is 0 Å². The molecule has 0 bridgehead atoms. The Balaban J connectivity index is 1.90. The highest BCUT2D eigenvalue weighted by Crippen LogP contribution is 2.22. The molecule has 0 saturated carbocycles. The van der Waals surface area contributed by atoms with Crippen molar-refractivity contribution >= 4 is 50.4 Å². The van der Waals surface area contributed by atoms with Crippen LogP contribution in [0, 0.1) is 0 Å². The van der Waals surface area contributed by atoms with Crippen LogP contribution < -0.4 is 11.1 Å². The van der Waals surface area contributed by atoms with Crippen LogP contribution in [0.1, 0.15) is 10.6 Å². The predicted octanol–water partition coefficient (Wildman–Crippen LogP) is 2.59. The van der Waals surface area contributed by atoms with E-state index in [4.69, 9.17) is 18.0 Å². The molecule has 0 aliphatic heterocycles. The van der Waals surface area contributed by atoms with Crippen molar-refractivity contribution in [3.63, 3.8) is 0 Å². The Bertz CT molecular complexity index is 555. The summed E-state index contributed by atoms with van der Waals surface area (Å²) in [4.78, 5) is 9.91. The van der Waals surface area contributed by atoms with Gasteiger partial charge in [-0.05, 0) is 40.5 Å². The minimum absolute atomic E-state index is 0.280. The van der Waals surface area contributed by atoms with Crippen molar-refractivity contribution in [2.24, 2.45) is 5.73 Å². The molecule has 18 heavy (non-hydrogen) atoms. The first-order valence-corrected chi connectivity index (χ1v) is 7.28. The molecule has 2 aromatic rings. The minimum atomic E-state index is 0.280. The summed E-state index contributed by atoms with van der Waals surface area (Å²) in [6.45, 7) is 0.772. The molecule has 7 heteroatoms. The maximum atomic E-state index is 5.51. The molecule has 2 heterocycles. The second-order valence-corrected chi connectivity index (χ2v) is 6.50. The van der Waals surface area contributed by atoms with Crippen LogP contribution in [-0.4, -0.2) is 21.5 Å². The van der Waals surface area contributed by atoms with E-state index in [-0.39, 0.29) is 4.99 Å². The second-order valence-electron chi connectivity index (χ2n) is 3.51. The summed E-state index contributed by atoms with van der Waals surface area (Å²) in [5.74, 6) is 0.552. The largest absolute Gasteiger partial charge is 0.388 e. The van der Waals surface area contributed by atoms with E-state index < -0.39 is 0 Å². The molecule has 0 amide bonds. The third kappa shape index (κ3) is 3.72. The molecule has 0 aliphatic rings. The summed E-state index contributed by atoms with van der Waals surface area (Å²) in [5, 5.41) is 3.15. The number of anilines is 1. The molecular weight excluding hydrogens is 332 g/mol. The molecule has 0 atom stereocenters. The predicted molar refractivity (Wildman–Crippen MR) is 82.1 cm³/mol. The van der Waals surface area contributed by atoms with Crippen LogP contribution >= 0.6 is 39.5 Å². The normalized spacial score (nSPS) is 10.3. The maximum absolute atomic E-state index is 5.51. The lowest BCUT2D eigenvalue weighted by Gasteiger charge is -2.04. The van der Waals surface area contributed by atoms with E-state index in [9.17, 15) is 0 Å². The van der Waals surface area contributed by atoms with Gasteiger partial charge in [-0.15, -0.1) is 11.3 Å². The summed E-state index contributed by atoms with van der Waals surface area (Å²) in [7, 11) is 0. The Kier molecular flexibility index (Phi) is 4.62. The molecule has 94 valence electrons. The van der Waals surface area contributed by atoms with Crippen LogP contribution in [0.15, 0.2) is 28.2 Å². The van der Waals surface area contributed by atoms with Gasteiger partial charge in [-0.2, -0.15) is 0 Å². The average molecular weight is 343 g/mol. The Morgan fingerprint density at radius 3 is 2.94 bits per heavy atom. The summed E-state index contributed by atoms with van der Waals surface area (Å²) >= 11 is 10.0. The standard InChI is InChI=1S/C11H11BrN4S2/c12-9-2-1-7(18-9)3-5-14-11-15-6-4-8(16-11)10(13)17/h1-2,4,6H,3,5H2,(H2,13,17)(H,14,15,16). The van der Waals surface area contributed by atoms with E-state index in [1.165, 1.54) is 4.88 Å². The van der Waals surface area contributed by atoms with Crippen molar-refractivity contribution in [1.82, 2.24) is 9.97 Å². The number of thiocarbonyl (C=S) groups is 1. The number of nitrogens with two attached hydrogens (primary N) is 1. The summed E-state index contributed by atoms with van der Waals surface area (Å²) in [6.07, 6.45) is 2.57. The Morgan fingerprint density at radius 1 is 1.44 bits per heavy atom. The van der Waals surface area contributed by atoms with Gasteiger partial charge in [0.15, 0.2) is 0 Å². The Hall–Kier alpha value is -1.05. The first kappa shape index (κ1) is 13.4. The third-order valence-electron chi connectivity index (χ3n) is 2.19. The number of halogens is 1. The Labute approximate surface area is 123 Å². The van der Waals surface area contributed by atoms with Gasteiger partial charge < -0.3 is 11.1 Å². The molecule has 4 nitrogen and oxygen atoms in total. The van der Waals surface area contributed by atoms with Gasteiger partial charge in [0.05, 0.1) is 3.79 Å². The van der Waals surface area contributed by atoms with Gasteiger partial charge >= 0.3 is 0 Å². The molecular formula is C11H11BrN4S2. The van der Waals surface area contributed by atoms with Crippen LogP contribution in [0.4, 0.5) is 5.95 Å². The number of nitrogens with zero attached hydrogens (tertiary/aromatic N) is 2. The number of hydrogen-bond donors (Lipinski definition) is 2. The lowest BCUT2D eigenvalue weighted by molar-refractivity contribution is 0.997. The molecule has 0 saturated heterocycles. The van der Waals surface area contributed by atoms with Crippen molar-refractivity contribution in [2.45, 2.75) is 6.42 Å².